The molecule has 0 aromatic rings. The Balaban J connectivity index is 0. The third-order valence-corrected chi connectivity index (χ3v) is 10.1. The van der Waals surface area contributed by atoms with Crippen molar-refractivity contribution < 1.29 is 126 Å². The van der Waals surface area contributed by atoms with E-state index in [1.54, 1.807) is 14.2 Å². The van der Waals surface area contributed by atoms with Gasteiger partial charge in [-0.15, -0.1) is 0 Å². The van der Waals surface area contributed by atoms with E-state index in [-0.39, 0.29) is 85.6 Å². The number of ether oxygens (including phenoxy) is 18. The molecular formula is C47H92N2O22Pt. The van der Waals surface area contributed by atoms with Gasteiger partial charge in [0.25, 0.3) is 0 Å². The van der Waals surface area contributed by atoms with Gasteiger partial charge >= 0.3 is 21.1 Å². The van der Waals surface area contributed by atoms with Gasteiger partial charge in [0.2, 0.25) is 0 Å². The standard InChI is InChI=1S/C41H80O22.C6H14N2.Pt/c1-46-7-9-50-15-17-54-23-25-58-31-33-62-37-35-60-29-27-56-21-19-52-13-11-48-5-3-41(39(42)43,40(44)45)4-6-49-12-14-53-20-22-57-28-30-61-36-38-63-34-32-59-26-24-55-18-16-51-10-8-47-2;7-5-3-1-2-4-6(5)8;/h3-38H2,1-2H3,(H,42,43)(H,44,45);5-6H,1-4,7-8H2;/q;;+2/p-2/t;5-,6-;/m.1./s1. The number of methoxy groups -OCH3 is 2. The predicted octanol–water partition coefficient (Wildman–Crippen LogP) is -1.98. The number of hydrogen-bond acceptors (Lipinski definition) is 24. The van der Waals surface area contributed by atoms with E-state index in [4.69, 9.17) is 96.7 Å². The van der Waals surface area contributed by atoms with Crippen LogP contribution in [0.5, 0.6) is 0 Å². The zero-order chi connectivity index (χ0) is 51.8. The van der Waals surface area contributed by atoms with Crippen molar-refractivity contribution >= 4 is 11.9 Å². The molecule has 0 aromatic carbocycles. The van der Waals surface area contributed by atoms with Gasteiger partial charge in [-0.3, -0.25) is 0 Å². The Labute approximate surface area is 443 Å². The molecule has 0 amide bonds. The van der Waals surface area contributed by atoms with Crippen LogP contribution >= 0.6 is 0 Å². The molecule has 72 heavy (non-hydrogen) atoms. The van der Waals surface area contributed by atoms with E-state index >= 15 is 0 Å². The Morgan fingerprint density at radius 3 is 0.625 bits per heavy atom. The van der Waals surface area contributed by atoms with Crippen LogP contribution in [0.1, 0.15) is 38.5 Å². The van der Waals surface area contributed by atoms with Gasteiger partial charge < -0.3 is 117 Å². The fourth-order valence-corrected chi connectivity index (χ4v) is 5.87. The second-order valence-corrected chi connectivity index (χ2v) is 15.6. The van der Waals surface area contributed by atoms with Crippen LogP contribution in [0, 0.1) is 5.41 Å². The third kappa shape index (κ3) is 49.7. The molecule has 0 heterocycles. The molecular weight excluding hydrogens is 1140 g/mol. The normalized spacial score (nSPS) is 14.8. The summed E-state index contributed by atoms with van der Waals surface area (Å²) in [7, 11) is 3.25. The van der Waals surface area contributed by atoms with Crippen molar-refractivity contribution in [1.82, 2.24) is 0 Å². The fourth-order valence-electron chi connectivity index (χ4n) is 5.87. The molecule has 0 aliphatic heterocycles. The van der Waals surface area contributed by atoms with Crippen molar-refractivity contribution in [2.75, 3.05) is 239 Å². The maximum absolute atomic E-state index is 11.8. The van der Waals surface area contributed by atoms with E-state index in [9.17, 15) is 19.8 Å². The second kappa shape index (κ2) is 59.1. The number of nitrogens with two attached hydrogens (primary N) is 2. The minimum absolute atomic E-state index is 0. The molecule has 0 bridgehead atoms. The van der Waals surface area contributed by atoms with Crippen molar-refractivity contribution in [3.63, 3.8) is 0 Å². The number of rotatable bonds is 56. The van der Waals surface area contributed by atoms with Gasteiger partial charge in [0, 0.05) is 39.5 Å². The van der Waals surface area contributed by atoms with Gasteiger partial charge in [-0.05, 0) is 25.7 Å². The number of aliphatic carboxylic acids is 2. The Kier molecular flexibility index (Phi) is 59.8. The Hall–Kier alpha value is -1.17. The number of carboxylic acid groups (broad SMARTS) is 2. The molecule has 25 heteroatoms. The number of carbonyl (C=O) groups excluding carboxylic acids is 2. The number of carboxylic acids is 2. The minimum Gasteiger partial charge on any atom is -0.549 e. The summed E-state index contributed by atoms with van der Waals surface area (Å²) in [6, 6.07) is 0.562. The summed E-state index contributed by atoms with van der Waals surface area (Å²) in [5.74, 6) is -3.52. The molecule has 0 radical (unpaired) electrons. The van der Waals surface area contributed by atoms with Crippen molar-refractivity contribution in [3.05, 3.63) is 0 Å². The first-order valence-electron chi connectivity index (χ1n) is 25.0. The van der Waals surface area contributed by atoms with Gasteiger partial charge in [-0.1, -0.05) is 12.8 Å². The summed E-state index contributed by atoms with van der Waals surface area (Å²) in [6.07, 6.45) is 4.09. The van der Waals surface area contributed by atoms with Crippen molar-refractivity contribution in [2.45, 2.75) is 50.6 Å². The molecule has 1 saturated carbocycles. The monoisotopic (exact) mass is 1230 g/mol. The zero-order valence-corrected chi connectivity index (χ0v) is 45.7. The van der Waals surface area contributed by atoms with Crippen LogP contribution in [0.2, 0.25) is 0 Å². The molecule has 1 aliphatic rings. The first-order valence-corrected chi connectivity index (χ1v) is 25.0. The van der Waals surface area contributed by atoms with E-state index in [0.29, 0.717) is 185 Å². The first-order chi connectivity index (χ1) is 34.8. The molecule has 24 nitrogen and oxygen atoms in total. The smallest absolute Gasteiger partial charge is 0.549 e. The molecule has 4 N–H and O–H groups in total. The molecule has 0 spiro atoms. The average Bonchev–Trinajstić information content (AvgIpc) is 3.36. The summed E-state index contributed by atoms with van der Waals surface area (Å²) in [5.41, 5.74) is 9.04. The molecule has 432 valence electrons. The molecule has 1 aliphatic carbocycles. The van der Waals surface area contributed by atoms with Crippen LogP contribution in [0.25, 0.3) is 0 Å². The maximum atomic E-state index is 11.8. The van der Waals surface area contributed by atoms with E-state index in [1.807, 2.05) is 0 Å². The van der Waals surface area contributed by atoms with Crippen LogP contribution in [0.3, 0.4) is 0 Å². The van der Waals surface area contributed by atoms with Crippen LogP contribution in [-0.4, -0.2) is 263 Å². The van der Waals surface area contributed by atoms with E-state index in [0.717, 1.165) is 12.8 Å². The van der Waals surface area contributed by atoms with Crippen molar-refractivity contribution in [1.29, 1.82) is 0 Å². The van der Waals surface area contributed by atoms with Gasteiger partial charge in [-0.2, -0.15) is 0 Å². The SMILES string of the molecule is COCCOCCOCCOCCOCCOCCOCCOCCOCCC(CCOCCOCCOCCOCCOCCOCCOCCOCCOC)(C(=O)[O-])C(=O)[O-].N[C@@H]1CCCC[C@H]1N.[Pt+2]. The van der Waals surface area contributed by atoms with Crippen LogP contribution in [0.15, 0.2) is 0 Å². The molecule has 0 aromatic heterocycles. The summed E-state index contributed by atoms with van der Waals surface area (Å²) in [4.78, 5) is 23.7. The quantitative estimate of drug-likeness (QED) is 0.0493. The predicted molar refractivity (Wildman–Crippen MR) is 253 cm³/mol. The number of carbonyl (C=O) groups is 2. The molecule has 2 atom stereocenters. The fraction of sp³-hybridized carbons (Fsp3) is 0.957. The minimum atomic E-state index is -2.26. The summed E-state index contributed by atoms with van der Waals surface area (Å²) < 4.78 is 96.3. The van der Waals surface area contributed by atoms with Crippen LogP contribution < -0.4 is 21.7 Å². The zero-order valence-electron chi connectivity index (χ0n) is 43.4. The molecule has 1 rings (SSSR count). The van der Waals surface area contributed by atoms with E-state index in [1.165, 1.54) is 12.8 Å². The third-order valence-electron chi connectivity index (χ3n) is 10.1. The van der Waals surface area contributed by atoms with Crippen molar-refractivity contribution in [2.24, 2.45) is 16.9 Å². The van der Waals surface area contributed by atoms with Gasteiger partial charge in [0.15, 0.2) is 0 Å². The Bertz CT molecular complexity index is 1030. The summed E-state index contributed by atoms with van der Waals surface area (Å²) >= 11 is 0. The topological polar surface area (TPSA) is 298 Å². The van der Waals surface area contributed by atoms with Crippen LogP contribution in [0.4, 0.5) is 0 Å². The second-order valence-electron chi connectivity index (χ2n) is 15.6. The van der Waals surface area contributed by atoms with Crippen molar-refractivity contribution in [3.8, 4) is 0 Å². The maximum Gasteiger partial charge on any atom is 2.00 e. The Morgan fingerprint density at radius 2 is 0.486 bits per heavy atom. The van der Waals surface area contributed by atoms with Gasteiger partial charge in [0.1, 0.15) is 0 Å². The largest absolute Gasteiger partial charge is 2.00 e. The average molecular weight is 1230 g/mol. The Morgan fingerprint density at radius 1 is 0.333 bits per heavy atom. The van der Waals surface area contributed by atoms with Gasteiger partial charge in [0.05, 0.1) is 229 Å². The molecule has 0 unspecified atom stereocenters. The molecule has 0 saturated heterocycles. The molecule has 1 fully saturated rings. The van der Waals surface area contributed by atoms with E-state index < -0.39 is 17.4 Å². The van der Waals surface area contributed by atoms with Gasteiger partial charge in [-0.25, -0.2) is 0 Å². The first kappa shape index (κ1) is 72.9. The van der Waals surface area contributed by atoms with Crippen LogP contribution in [-0.2, 0) is 116 Å². The summed E-state index contributed by atoms with van der Waals surface area (Å²) in [6.45, 7) is 13.1. The number of hydrogen-bond donors (Lipinski definition) is 2. The van der Waals surface area contributed by atoms with E-state index in [2.05, 4.69) is 0 Å². The summed E-state index contributed by atoms with van der Waals surface area (Å²) in [5, 5.41) is 23.7.